The minimum Gasteiger partial charge on any atom is -0.481 e. The van der Waals surface area contributed by atoms with Crippen LogP contribution in [0.4, 0.5) is 0 Å². The van der Waals surface area contributed by atoms with E-state index in [1.807, 2.05) is 14.0 Å². The van der Waals surface area contributed by atoms with E-state index >= 15 is 0 Å². The van der Waals surface area contributed by atoms with Crippen LogP contribution in [0.3, 0.4) is 0 Å². The van der Waals surface area contributed by atoms with Crippen molar-refractivity contribution in [2.45, 2.75) is 46.5 Å². The van der Waals surface area contributed by atoms with Crippen molar-refractivity contribution in [2.75, 3.05) is 0 Å². The minimum absolute atomic E-state index is 0.157. The normalized spacial score (nSPS) is 26.3. The van der Waals surface area contributed by atoms with Crippen LogP contribution in [0.5, 0.6) is 0 Å². The molecular weight excluding hydrogens is 288 g/mol. The van der Waals surface area contributed by atoms with Crippen molar-refractivity contribution in [2.24, 2.45) is 30.7 Å². The molecule has 0 aromatic carbocycles. The fourth-order valence-electron chi connectivity index (χ4n) is 3.62. The molecule has 5 heteroatoms. The van der Waals surface area contributed by atoms with Crippen LogP contribution in [0, 0.1) is 30.6 Å². The van der Waals surface area contributed by atoms with Crippen molar-refractivity contribution < 1.29 is 9.90 Å². The van der Waals surface area contributed by atoms with Crippen LogP contribution in [0.1, 0.15) is 44.4 Å². The van der Waals surface area contributed by atoms with E-state index < -0.39 is 5.97 Å². The number of carbonyl (C=O) groups is 1. The maximum absolute atomic E-state index is 11.6. The van der Waals surface area contributed by atoms with Gasteiger partial charge in [-0.25, -0.2) is 0 Å². The highest BCUT2D eigenvalue weighted by Crippen LogP contribution is 2.40. The molecule has 1 N–H and O–H groups in total. The first kappa shape index (κ1) is 16.3. The second-order valence-corrected chi connectivity index (χ2v) is 7.06. The molecule has 3 atom stereocenters. The number of aryl methyl sites for hydroxylation is 2. The standard InChI is InChI=1S/C16H25ClN2O2/c1-9(2)11-5-6-13(16(20)21)12(7-11)8-14-10(3)18-19(4)15(14)17/h9,11-13H,5-8H2,1-4H3,(H,20,21). The lowest BCUT2D eigenvalue weighted by Crippen LogP contribution is -2.33. The molecule has 1 aromatic rings. The molecule has 2 rings (SSSR count). The van der Waals surface area contributed by atoms with E-state index in [-0.39, 0.29) is 11.8 Å². The average Bonchev–Trinajstić information content (AvgIpc) is 2.65. The molecule has 0 aliphatic heterocycles. The summed E-state index contributed by atoms with van der Waals surface area (Å²) >= 11 is 6.31. The van der Waals surface area contributed by atoms with Crippen LogP contribution in [-0.4, -0.2) is 20.9 Å². The lowest BCUT2D eigenvalue weighted by molar-refractivity contribution is -0.145. The summed E-state index contributed by atoms with van der Waals surface area (Å²) in [7, 11) is 1.82. The fourth-order valence-corrected chi connectivity index (χ4v) is 3.88. The molecular formula is C16H25ClN2O2. The number of hydrogen-bond donors (Lipinski definition) is 1. The van der Waals surface area contributed by atoms with E-state index in [9.17, 15) is 9.90 Å². The smallest absolute Gasteiger partial charge is 0.306 e. The summed E-state index contributed by atoms with van der Waals surface area (Å²) in [6, 6.07) is 0. The Kier molecular flexibility index (Phi) is 4.97. The van der Waals surface area contributed by atoms with Gasteiger partial charge in [0, 0.05) is 12.6 Å². The van der Waals surface area contributed by atoms with E-state index in [1.54, 1.807) is 4.68 Å². The van der Waals surface area contributed by atoms with Crippen molar-refractivity contribution in [1.82, 2.24) is 9.78 Å². The summed E-state index contributed by atoms with van der Waals surface area (Å²) < 4.78 is 1.67. The Morgan fingerprint density at radius 1 is 1.48 bits per heavy atom. The summed E-state index contributed by atoms with van der Waals surface area (Å²) in [5.41, 5.74) is 1.93. The molecule has 1 aliphatic carbocycles. The number of carboxylic acid groups (broad SMARTS) is 1. The van der Waals surface area contributed by atoms with Gasteiger partial charge in [-0.3, -0.25) is 9.48 Å². The predicted molar refractivity (Wildman–Crippen MR) is 83.5 cm³/mol. The number of carboxylic acids is 1. The molecule has 0 radical (unpaired) electrons. The maximum atomic E-state index is 11.6. The summed E-state index contributed by atoms with van der Waals surface area (Å²) in [6.45, 7) is 6.40. The molecule has 0 bridgehead atoms. The largest absolute Gasteiger partial charge is 0.481 e. The molecule has 1 aliphatic rings. The Bertz CT molecular complexity index is 525. The fraction of sp³-hybridized carbons (Fsp3) is 0.750. The number of aliphatic carboxylic acids is 1. The summed E-state index contributed by atoms with van der Waals surface area (Å²) in [5, 5.41) is 14.5. The third kappa shape index (κ3) is 3.42. The van der Waals surface area contributed by atoms with Crippen LogP contribution in [0.15, 0.2) is 0 Å². The van der Waals surface area contributed by atoms with Crippen LogP contribution in [-0.2, 0) is 18.3 Å². The first-order chi connectivity index (χ1) is 9.81. The molecule has 1 fully saturated rings. The minimum atomic E-state index is -0.667. The first-order valence-corrected chi connectivity index (χ1v) is 8.09. The molecule has 0 saturated heterocycles. The number of halogens is 1. The van der Waals surface area contributed by atoms with Crippen LogP contribution >= 0.6 is 11.6 Å². The van der Waals surface area contributed by atoms with E-state index in [0.717, 1.165) is 36.9 Å². The van der Waals surface area contributed by atoms with Gasteiger partial charge in [-0.2, -0.15) is 5.10 Å². The van der Waals surface area contributed by atoms with E-state index in [0.29, 0.717) is 17.0 Å². The zero-order chi connectivity index (χ0) is 15.7. The lowest BCUT2D eigenvalue weighted by Gasteiger charge is -2.36. The Balaban J connectivity index is 2.22. The number of rotatable bonds is 4. The van der Waals surface area contributed by atoms with E-state index in [1.165, 1.54) is 0 Å². The number of nitrogens with zero attached hydrogens (tertiary/aromatic N) is 2. The predicted octanol–water partition coefficient (Wildman–Crippen LogP) is 3.70. The highest BCUT2D eigenvalue weighted by molar-refractivity contribution is 6.30. The van der Waals surface area contributed by atoms with Gasteiger partial charge in [0.05, 0.1) is 11.6 Å². The molecule has 21 heavy (non-hydrogen) atoms. The molecule has 0 spiro atoms. The molecule has 3 unspecified atom stereocenters. The SMILES string of the molecule is Cc1nn(C)c(Cl)c1CC1CC(C(C)C)CCC1C(=O)O. The lowest BCUT2D eigenvalue weighted by atomic mass is 9.69. The average molecular weight is 313 g/mol. The highest BCUT2D eigenvalue weighted by Gasteiger charge is 2.36. The molecule has 0 amide bonds. The van der Waals surface area contributed by atoms with Gasteiger partial charge in [-0.1, -0.05) is 25.4 Å². The maximum Gasteiger partial charge on any atom is 0.306 e. The Morgan fingerprint density at radius 2 is 2.14 bits per heavy atom. The van der Waals surface area contributed by atoms with Gasteiger partial charge in [-0.15, -0.1) is 0 Å². The van der Waals surface area contributed by atoms with E-state index in [4.69, 9.17) is 11.6 Å². The second kappa shape index (κ2) is 6.39. The molecule has 1 aromatic heterocycles. The zero-order valence-corrected chi connectivity index (χ0v) is 14.0. The van der Waals surface area contributed by atoms with Gasteiger partial charge in [0.1, 0.15) is 5.15 Å². The second-order valence-electron chi connectivity index (χ2n) is 6.70. The topological polar surface area (TPSA) is 55.1 Å². The third-order valence-electron chi connectivity index (χ3n) is 5.02. The highest BCUT2D eigenvalue weighted by atomic mass is 35.5. The molecule has 1 saturated carbocycles. The third-order valence-corrected chi connectivity index (χ3v) is 5.49. The molecule has 1 heterocycles. The Morgan fingerprint density at radius 3 is 2.62 bits per heavy atom. The van der Waals surface area contributed by atoms with Gasteiger partial charge < -0.3 is 5.11 Å². The van der Waals surface area contributed by atoms with Crippen molar-refractivity contribution in [3.8, 4) is 0 Å². The summed E-state index contributed by atoms with van der Waals surface area (Å²) in [6.07, 6.45) is 3.49. The quantitative estimate of drug-likeness (QED) is 0.922. The van der Waals surface area contributed by atoms with Gasteiger partial charge in [-0.05, 0) is 50.4 Å². The van der Waals surface area contributed by atoms with Gasteiger partial charge in [0.25, 0.3) is 0 Å². The zero-order valence-electron chi connectivity index (χ0n) is 13.3. The Hall–Kier alpha value is -1.03. The molecule has 4 nitrogen and oxygen atoms in total. The van der Waals surface area contributed by atoms with Crippen molar-refractivity contribution >= 4 is 17.6 Å². The van der Waals surface area contributed by atoms with Crippen LogP contribution < -0.4 is 0 Å². The van der Waals surface area contributed by atoms with Crippen molar-refractivity contribution in [3.63, 3.8) is 0 Å². The summed E-state index contributed by atoms with van der Waals surface area (Å²) in [5.74, 6) is 0.452. The van der Waals surface area contributed by atoms with Crippen LogP contribution in [0.25, 0.3) is 0 Å². The first-order valence-electron chi connectivity index (χ1n) is 7.72. The van der Waals surface area contributed by atoms with Crippen molar-refractivity contribution in [1.29, 1.82) is 0 Å². The monoisotopic (exact) mass is 312 g/mol. The summed E-state index contributed by atoms with van der Waals surface area (Å²) in [4.78, 5) is 11.6. The van der Waals surface area contributed by atoms with Crippen LogP contribution in [0.2, 0.25) is 5.15 Å². The van der Waals surface area contributed by atoms with Gasteiger partial charge in [0.2, 0.25) is 0 Å². The van der Waals surface area contributed by atoms with Gasteiger partial charge in [0.15, 0.2) is 0 Å². The van der Waals surface area contributed by atoms with Crippen molar-refractivity contribution in [3.05, 3.63) is 16.4 Å². The molecule has 118 valence electrons. The van der Waals surface area contributed by atoms with Gasteiger partial charge >= 0.3 is 5.97 Å². The van der Waals surface area contributed by atoms with E-state index in [2.05, 4.69) is 18.9 Å². The Labute approximate surface area is 131 Å². The number of aromatic nitrogens is 2. The number of hydrogen-bond acceptors (Lipinski definition) is 2.